The summed E-state index contributed by atoms with van der Waals surface area (Å²) in [4.78, 5) is 2.58. The van der Waals surface area contributed by atoms with Gasteiger partial charge in [-0.1, -0.05) is 6.92 Å². The van der Waals surface area contributed by atoms with E-state index in [0.717, 1.165) is 11.8 Å². The highest BCUT2D eigenvalue weighted by Crippen LogP contribution is 2.33. The van der Waals surface area contributed by atoms with E-state index < -0.39 is 0 Å². The summed E-state index contributed by atoms with van der Waals surface area (Å²) in [5, 5.41) is 0. The molecule has 2 heteroatoms. The van der Waals surface area contributed by atoms with E-state index in [1.54, 1.807) is 0 Å². The molecule has 0 aromatic rings. The summed E-state index contributed by atoms with van der Waals surface area (Å²) in [7, 11) is 0. The van der Waals surface area contributed by atoms with Crippen molar-refractivity contribution in [2.75, 3.05) is 19.6 Å². The van der Waals surface area contributed by atoms with Crippen molar-refractivity contribution >= 4 is 0 Å². The third-order valence-electron chi connectivity index (χ3n) is 3.67. The summed E-state index contributed by atoms with van der Waals surface area (Å²) in [6.45, 7) is 6.03. The molecule has 2 rings (SSSR count). The number of nitrogens with zero attached hydrogens (tertiary/aromatic N) is 1. The maximum absolute atomic E-state index is 6.10. The Labute approximate surface area is 87.8 Å². The molecule has 0 aromatic carbocycles. The molecule has 0 spiro atoms. The maximum atomic E-state index is 6.10. The lowest BCUT2D eigenvalue weighted by Crippen LogP contribution is -2.32. The van der Waals surface area contributed by atoms with E-state index in [1.165, 1.54) is 51.7 Å². The molecule has 2 saturated carbocycles. The molecule has 1 atom stereocenters. The lowest BCUT2D eigenvalue weighted by molar-refractivity contribution is 0.262. The van der Waals surface area contributed by atoms with Gasteiger partial charge in [-0.25, -0.2) is 0 Å². The Kier molecular flexibility index (Phi) is 3.45. The largest absolute Gasteiger partial charge is 0.327 e. The van der Waals surface area contributed by atoms with Gasteiger partial charge < -0.3 is 10.6 Å². The average Bonchev–Trinajstić information content (AvgIpc) is 3.03. The molecule has 0 bridgehead atoms. The zero-order valence-corrected chi connectivity index (χ0v) is 9.41. The van der Waals surface area contributed by atoms with Crippen molar-refractivity contribution < 1.29 is 0 Å². The van der Waals surface area contributed by atoms with Crippen molar-refractivity contribution in [1.82, 2.24) is 4.90 Å². The van der Waals surface area contributed by atoms with Crippen LogP contribution in [-0.4, -0.2) is 30.6 Å². The summed E-state index contributed by atoms with van der Waals surface area (Å²) < 4.78 is 0. The summed E-state index contributed by atoms with van der Waals surface area (Å²) in [5.74, 6) is 1.89. The molecular weight excluding hydrogens is 172 g/mol. The first-order valence-corrected chi connectivity index (χ1v) is 6.27. The van der Waals surface area contributed by atoms with Gasteiger partial charge in [-0.15, -0.1) is 0 Å². The van der Waals surface area contributed by atoms with Crippen molar-refractivity contribution in [2.45, 2.75) is 45.1 Å². The molecule has 0 saturated heterocycles. The highest BCUT2D eigenvalue weighted by atomic mass is 15.1. The van der Waals surface area contributed by atoms with Crippen molar-refractivity contribution in [3.05, 3.63) is 0 Å². The summed E-state index contributed by atoms with van der Waals surface area (Å²) >= 11 is 0. The first-order valence-electron chi connectivity index (χ1n) is 6.27. The minimum absolute atomic E-state index is 0.489. The molecule has 1 unspecified atom stereocenters. The zero-order valence-electron chi connectivity index (χ0n) is 9.41. The standard InChI is InChI=1S/C12H24N2/c1-2-14(9-10-3-4-10)8-7-12(13)11-5-6-11/h10-12H,2-9,13H2,1H3. The van der Waals surface area contributed by atoms with E-state index in [9.17, 15) is 0 Å². The number of hydrogen-bond donors (Lipinski definition) is 1. The molecule has 2 N–H and O–H groups in total. The van der Waals surface area contributed by atoms with Crippen LogP contribution in [0.25, 0.3) is 0 Å². The van der Waals surface area contributed by atoms with Crippen LogP contribution in [0.3, 0.4) is 0 Å². The highest BCUT2D eigenvalue weighted by molar-refractivity contribution is 4.85. The molecule has 0 heterocycles. The minimum Gasteiger partial charge on any atom is -0.327 e. The van der Waals surface area contributed by atoms with Crippen molar-refractivity contribution in [3.8, 4) is 0 Å². The van der Waals surface area contributed by atoms with Crippen LogP contribution in [0.1, 0.15) is 39.0 Å². The van der Waals surface area contributed by atoms with Crippen LogP contribution in [0.5, 0.6) is 0 Å². The normalized spacial score (nSPS) is 24.2. The molecule has 0 amide bonds. The molecule has 0 radical (unpaired) electrons. The number of hydrogen-bond acceptors (Lipinski definition) is 2. The van der Waals surface area contributed by atoms with E-state index in [2.05, 4.69) is 11.8 Å². The zero-order chi connectivity index (χ0) is 9.97. The van der Waals surface area contributed by atoms with Gasteiger partial charge in [0.2, 0.25) is 0 Å². The molecule has 2 nitrogen and oxygen atoms in total. The van der Waals surface area contributed by atoms with Gasteiger partial charge in [0, 0.05) is 12.6 Å². The van der Waals surface area contributed by atoms with Crippen LogP contribution >= 0.6 is 0 Å². The second-order valence-electron chi connectivity index (χ2n) is 5.13. The molecule has 2 aliphatic rings. The van der Waals surface area contributed by atoms with Crippen LogP contribution < -0.4 is 5.73 Å². The Hall–Kier alpha value is -0.0800. The highest BCUT2D eigenvalue weighted by Gasteiger charge is 2.29. The summed E-state index contributed by atoms with van der Waals surface area (Å²) in [5.41, 5.74) is 6.10. The third-order valence-corrected chi connectivity index (χ3v) is 3.67. The lowest BCUT2D eigenvalue weighted by atomic mass is 10.1. The fourth-order valence-electron chi connectivity index (χ4n) is 2.14. The lowest BCUT2D eigenvalue weighted by Gasteiger charge is -2.22. The molecule has 0 aliphatic heterocycles. The first kappa shape index (κ1) is 10.4. The van der Waals surface area contributed by atoms with Gasteiger partial charge in [-0.3, -0.25) is 0 Å². The third kappa shape index (κ3) is 3.25. The van der Waals surface area contributed by atoms with Crippen molar-refractivity contribution in [1.29, 1.82) is 0 Å². The van der Waals surface area contributed by atoms with Gasteiger partial charge in [0.05, 0.1) is 0 Å². The second kappa shape index (κ2) is 4.63. The van der Waals surface area contributed by atoms with Crippen LogP contribution in [0.2, 0.25) is 0 Å². The van der Waals surface area contributed by atoms with Crippen LogP contribution in [0.4, 0.5) is 0 Å². The SMILES string of the molecule is CCN(CCC(N)C1CC1)CC1CC1. The molecule has 2 fully saturated rings. The van der Waals surface area contributed by atoms with E-state index in [1.807, 2.05) is 0 Å². The van der Waals surface area contributed by atoms with Gasteiger partial charge in [-0.2, -0.15) is 0 Å². The minimum atomic E-state index is 0.489. The summed E-state index contributed by atoms with van der Waals surface area (Å²) in [6, 6.07) is 0.489. The quantitative estimate of drug-likeness (QED) is 0.673. The molecule has 14 heavy (non-hydrogen) atoms. The Balaban J connectivity index is 1.60. The molecule has 2 aliphatic carbocycles. The van der Waals surface area contributed by atoms with E-state index in [4.69, 9.17) is 5.73 Å². The predicted octanol–water partition coefficient (Wildman–Crippen LogP) is 1.85. The van der Waals surface area contributed by atoms with Crippen molar-refractivity contribution in [3.63, 3.8) is 0 Å². The average molecular weight is 196 g/mol. The first-order chi connectivity index (χ1) is 6.79. The van der Waals surface area contributed by atoms with E-state index in [0.29, 0.717) is 6.04 Å². The Morgan fingerprint density at radius 3 is 2.50 bits per heavy atom. The number of rotatable bonds is 7. The van der Waals surface area contributed by atoms with Crippen LogP contribution in [0.15, 0.2) is 0 Å². The van der Waals surface area contributed by atoms with Crippen LogP contribution in [0, 0.1) is 11.8 Å². The number of nitrogens with two attached hydrogens (primary N) is 1. The van der Waals surface area contributed by atoms with Gasteiger partial charge >= 0.3 is 0 Å². The van der Waals surface area contributed by atoms with Gasteiger partial charge in [-0.05, 0) is 57.0 Å². The van der Waals surface area contributed by atoms with Gasteiger partial charge in [0.1, 0.15) is 0 Å². The van der Waals surface area contributed by atoms with Crippen molar-refractivity contribution in [2.24, 2.45) is 17.6 Å². The Morgan fingerprint density at radius 2 is 2.00 bits per heavy atom. The fourth-order valence-corrected chi connectivity index (χ4v) is 2.14. The smallest absolute Gasteiger partial charge is 0.00793 e. The van der Waals surface area contributed by atoms with Crippen LogP contribution in [-0.2, 0) is 0 Å². The second-order valence-corrected chi connectivity index (χ2v) is 5.13. The van der Waals surface area contributed by atoms with E-state index in [-0.39, 0.29) is 0 Å². The van der Waals surface area contributed by atoms with Gasteiger partial charge in [0.15, 0.2) is 0 Å². The Morgan fingerprint density at radius 1 is 1.29 bits per heavy atom. The molecule has 0 aromatic heterocycles. The summed E-state index contributed by atoms with van der Waals surface area (Å²) in [6.07, 6.45) is 6.91. The van der Waals surface area contributed by atoms with Gasteiger partial charge in [0.25, 0.3) is 0 Å². The predicted molar refractivity (Wildman–Crippen MR) is 60.2 cm³/mol. The monoisotopic (exact) mass is 196 g/mol. The maximum Gasteiger partial charge on any atom is 0.00793 e. The van der Waals surface area contributed by atoms with E-state index >= 15 is 0 Å². The molecule has 82 valence electrons. The molecular formula is C12H24N2. The Bertz CT molecular complexity index is 173. The topological polar surface area (TPSA) is 29.3 Å². The fraction of sp³-hybridized carbons (Fsp3) is 1.00.